The number of rotatable bonds is 9. The lowest BCUT2D eigenvalue weighted by Gasteiger charge is -2.28. The molecular weight excluding hydrogens is 440 g/mol. The van der Waals surface area contributed by atoms with E-state index in [-0.39, 0.29) is 26.6 Å². The molecule has 1 amide bonds. The van der Waals surface area contributed by atoms with E-state index in [9.17, 15) is 23.4 Å². The van der Waals surface area contributed by atoms with Crippen molar-refractivity contribution in [2.24, 2.45) is 5.73 Å². The second-order valence-corrected chi connectivity index (χ2v) is 10.5. The number of β-amino-alcohol motifs (C(OH)–C–C–N with tert-alkyl or cyclic N) is 1. The molecule has 0 aromatic heterocycles. The van der Waals surface area contributed by atoms with Crippen molar-refractivity contribution in [3.05, 3.63) is 89.5 Å². The van der Waals surface area contributed by atoms with Gasteiger partial charge in [0.1, 0.15) is 5.75 Å². The summed E-state index contributed by atoms with van der Waals surface area (Å²) in [4.78, 5) is 11.4. The Bertz CT molecular complexity index is 1220. The Kier molecular flexibility index (Phi) is 7.22. The average molecular weight is 469 g/mol. The number of nitrogens with two attached hydrogens (primary N) is 1. The van der Waals surface area contributed by atoms with E-state index in [1.807, 2.05) is 44.2 Å². The Morgan fingerprint density at radius 3 is 2.21 bits per heavy atom. The number of nitrogens with one attached hydrogen (secondary N) is 1. The molecule has 0 aliphatic rings. The van der Waals surface area contributed by atoms with Gasteiger partial charge < -0.3 is 21.3 Å². The summed E-state index contributed by atoms with van der Waals surface area (Å²) in [6, 6.07) is 19.3. The fourth-order valence-electron chi connectivity index (χ4n) is 3.54. The molecule has 0 aliphatic carbocycles. The van der Waals surface area contributed by atoms with Gasteiger partial charge in [0.2, 0.25) is 9.84 Å². The molecule has 8 heteroatoms. The number of amides is 1. The van der Waals surface area contributed by atoms with Crippen LogP contribution in [0.2, 0.25) is 0 Å². The van der Waals surface area contributed by atoms with Gasteiger partial charge in [-0.3, -0.25) is 4.79 Å². The molecule has 1 atom stereocenters. The maximum Gasteiger partial charge on any atom is 0.252 e. The summed E-state index contributed by atoms with van der Waals surface area (Å²) >= 11 is 0. The van der Waals surface area contributed by atoms with Gasteiger partial charge in [-0.15, -0.1) is 0 Å². The zero-order valence-corrected chi connectivity index (χ0v) is 19.3. The van der Waals surface area contributed by atoms with Crippen molar-refractivity contribution in [2.45, 2.75) is 41.7 Å². The number of phenols is 1. The second kappa shape index (κ2) is 9.74. The molecule has 0 aliphatic heterocycles. The smallest absolute Gasteiger partial charge is 0.252 e. The van der Waals surface area contributed by atoms with Crippen LogP contribution in [0.15, 0.2) is 82.6 Å². The molecule has 0 spiro atoms. The molecule has 33 heavy (non-hydrogen) atoms. The van der Waals surface area contributed by atoms with Gasteiger partial charge in [-0.25, -0.2) is 8.42 Å². The Hall–Kier alpha value is -3.20. The predicted octanol–water partition coefficient (Wildman–Crippen LogP) is 2.97. The van der Waals surface area contributed by atoms with Crippen molar-refractivity contribution in [3.63, 3.8) is 0 Å². The number of hydrogen-bond donors (Lipinski definition) is 4. The summed E-state index contributed by atoms with van der Waals surface area (Å²) in [6.45, 7) is 4.40. The van der Waals surface area contributed by atoms with Crippen LogP contribution in [0.1, 0.15) is 41.4 Å². The number of primary amides is 1. The third kappa shape index (κ3) is 5.98. The molecule has 7 nitrogen and oxygen atoms in total. The van der Waals surface area contributed by atoms with E-state index in [1.165, 1.54) is 18.2 Å². The third-order valence-electron chi connectivity index (χ3n) is 5.38. The molecule has 0 bridgehead atoms. The first kappa shape index (κ1) is 24.4. The van der Waals surface area contributed by atoms with Gasteiger partial charge in [0.05, 0.1) is 21.5 Å². The van der Waals surface area contributed by atoms with Gasteiger partial charge in [0.25, 0.3) is 5.91 Å². The summed E-state index contributed by atoms with van der Waals surface area (Å²) in [7, 11) is -3.89. The molecule has 0 unspecified atom stereocenters. The van der Waals surface area contributed by atoms with E-state index in [4.69, 9.17) is 5.73 Å². The number of carbonyl (C=O) groups is 1. The van der Waals surface area contributed by atoms with Crippen molar-refractivity contribution in [1.82, 2.24) is 5.32 Å². The van der Waals surface area contributed by atoms with Crippen LogP contribution in [0, 0.1) is 0 Å². The third-order valence-corrected chi connectivity index (χ3v) is 7.15. The quantitative estimate of drug-likeness (QED) is 0.382. The summed E-state index contributed by atoms with van der Waals surface area (Å²) < 4.78 is 25.9. The van der Waals surface area contributed by atoms with Gasteiger partial charge in [-0.2, -0.15) is 0 Å². The molecule has 0 radical (unpaired) electrons. The molecule has 174 valence electrons. The van der Waals surface area contributed by atoms with E-state index in [0.29, 0.717) is 13.0 Å². The lowest BCUT2D eigenvalue weighted by Crippen LogP contribution is -2.43. The van der Waals surface area contributed by atoms with Crippen LogP contribution in [0.4, 0.5) is 0 Å². The minimum absolute atomic E-state index is 0.0672. The van der Waals surface area contributed by atoms with Crippen molar-refractivity contribution in [1.29, 1.82) is 0 Å². The van der Waals surface area contributed by atoms with Crippen molar-refractivity contribution < 1.29 is 23.4 Å². The SMILES string of the molecule is CC(C)(Cc1ccc(S(=O)(=O)c2ccc(O)c(C(N)=O)c2)cc1)NC[C@@H](O)c1ccccc1. The number of aromatic hydroxyl groups is 1. The van der Waals surface area contributed by atoms with Crippen LogP contribution in [0.3, 0.4) is 0 Å². The van der Waals surface area contributed by atoms with Crippen LogP contribution >= 0.6 is 0 Å². The van der Waals surface area contributed by atoms with E-state index in [2.05, 4.69) is 5.32 Å². The topological polar surface area (TPSA) is 130 Å². The Balaban J connectivity index is 1.70. The molecule has 3 aromatic rings. The van der Waals surface area contributed by atoms with E-state index < -0.39 is 21.8 Å². The molecule has 0 saturated heterocycles. The summed E-state index contributed by atoms with van der Waals surface area (Å²) in [5.74, 6) is -1.28. The Labute approximate surface area is 193 Å². The van der Waals surface area contributed by atoms with Crippen molar-refractivity contribution in [2.75, 3.05) is 6.54 Å². The minimum atomic E-state index is -3.89. The van der Waals surface area contributed by atoms with Gasteiger partial charge in [0.15, 0.2) is 0 Å². The van der Waals surface area contributed by atoms with Crippen molar-refractivity contribution >= 4 is 15.7 Å². The number of aliphatic hydroxyl groups excluding tert-OH is 1. The van der Waals surface area contributed by atoms with Crippen LogP contribution in [-0.4, -0.2) is 36.6 Å². The highest BCUT2D eigenvalue weighted by Crippen LogP contribution is 2.27. The number of benzene rings is 3. The lowest BCUT2D eigenvalue weighted by molar-refractivity contribution is 0.0997. The van der Waals surface area contributed by atoms with Gasteiger partial charge >= 0.3 is 0 Å². The molecule has 0 fully saturated rings. The molecule has 5 N–H and O–H groups in total. The highest BCUT2D eigenvalue weighted by Gasteiger charge is 2.23. The maximum absolute atomic E-state index is 13.0. The minimum Gasteiger partial charge on any atom is -0.507 e. The highest BCUT2D eigenvalue weighted by molar-refractivity contribution is 7.91. The fourth-order valence-corrected chi connectivity index (χ4v) is 4.83. The highest BCUT2D eigenvalue weighted by atomic mass is 32.2. The van der Waals surface area contributed by atoms with Crippen molar-refractivity contribution in [3.8, 4) is 5.75 Å². The number of aliphatic hydroxyl groups is 1. The standard InChI is InChI=1S/C25H28N2O5S/c1-25(2,27-16-23(29)18-6-4-3-5-7-18)15-17-8-10-19(11-9-17)33(31,32)20-12-13-22(28)21(14-20)24(26)30/h3-14,23,27-29H,15-16H2,1-2H3,(H2,26,30)/t23-/m1/s1. The second-order valence-electron chi connectivity index (χ2n) is 8.56. The lowest BCUT2D eigenvalue weighted by atomic mass is 9.94. The van der Waals surface area contributed by atoms with E-state index in [1.54, 1.807) is 12.1 Å². The molecule has 0 saturated carbocycles. The van der Waals surface area contributed by atoms with E-state index in [0.717, 1.165) is 23.3 Å². The zero-order valence-electron chi connectivity index (χ0n) is 18.5. The molecular formula is C25H28N2O5S. The Morgan fingerprint density at radius 1 is 1.00 bits per heavy atom. The van der Waals surface area contributed by atoms with Gasteiger partial charge in [0, 0.05) is 12.1 Å². The van der Waals surface area contributed by atoms with Crippen LogP contribution in [0.5, 0.6) is 5.75 Å². The first-order valence-corrected chi connectivity index (χ1v) is 11.9. The summed E-state index contributed by atoms with van der Waals surface area (Å²) in [6.07, 6.45) is -0.0199. The van der Waals surface area contributed by atoms with Crippen LogP contribution in [0.25, 0.3) is 0 Å². The normalized spacial score (nSPS) is 12.9. The number of sulfone groups is 1. The summed E-state index contributed by atoms with van der Waals surface area (Å²) in [5, 5.41) is 23.5. The number of hydrogen-bond acceptors (Lipinski definition) is 6. The Morgan fingerprint density at radius 2 is 1.61 bits per heavy atom. The zero-order chi connectivity index (χ0) is 24.2. The predicted molar refractivity (Wildman–Crippen MR) is 126 cm³/mol. The molecule has 0 heterocycles. The molecule has 3 rings (SSSR count). The van der Waals surface area contributed by atoms with Gasteiger partial charge in [-0.1, -0.05) is 42.5 Å². The largest absolute Gasteiger partial charge is 0.507 e. The fraction of sp³-hybridized carbons (Fsp3) is 0.240. The van der Waals surface area contributed by atoms with Crippen LogP contribution in [-0.2, 0) is 16.3 Å². The van der Waals surface area contributed by atoms with E-state index >= 15 is 0 Å². The maximum atomic E-state index is 13.0. The number of carbonyl (C=O) groups excluding carboxylic acids is 1. The first-order chi connectivity index (χ1) is 15.5. The van der Waals surface area contributed by atoms with Crippen LogP contribution < -0.4 is 11.1 Å². The van der Waals surface area contributed by atoms with Gasteiger partial charge in [-0.05, 0) is 61.7 Å². The first-order valence-electron chi connectivity index (χ1n) is 10.4. The average Bonchev–Trinajstić information content (AvgIpc) is 2.78. The summed E-state index contributed by atoms with van der Waals surface area (Å²) in [5.41, 5.74) is 6.37. The monoisotopic (exact) mass is 468 g/mol. The molecule has 3 aromatic carbocycles.